The summed E-state index contributed by atoms with van der Waals surface area (Å²) in [7, 11) is -0.919. The van der Waals surface area contributed by atoms with Crippen molar-refractivity contribution in [1.29, 1.82) is 0 Å². The second-order valence-electron chi connectivity index (χ2n) is 4.00. The number of hydrogen-bond donors (Lipinski definition) is 1. The van der Waals surface area contributed by atoms with E-state index in [9.17, 15) is 17.6 Å². The number of nitrogens with one attached hydrogen (secondary N) is 1. The minimum Gasteiger partial charge on any atom is -0.293 e. The number of rotatable bonds is 5. The molecule has 0 bridgehead atoms. The van der Waals surface area contributed by atoms with Crippen LogP contribution in [0.25, 0.3) is 0 Å². The van der Waals surface area contributed by atoms with Crippen molar-refractivity contribution in [1.82, 2.24) is 9.03 Å². The molecular weight excluding hydrogens is 259 g/mol. The van der Waals surface area contributed by atoms with Crippen LogP contribution in [-0.2, 0) is 10.2 Å². The van der Waals surface area contributed by atoms with E-state index in [0.717, 1.165) is 4.31 Å². The molecule has 0 aliphatic carbocycles. The number of halogens is 1. The van der Waals surface area contributed by atoms with Gasteiger partial charge >= 0.3 is 0 Å². The van der Waals surface area contributed by atoms with E-state index in [1.165, 1.54) is 39.2 Å². The van der Waals surface area contributed by atoms with Crippen LogP contribution in [-0.4, -0.2) is 39.1 Å². The van der Waals surface area contributed by atoms with Crippen LogP contribution in [0.5, 0.6) is 0 Å². The fraction of sp³-hybridized carbons (Fsp3) is 0.364. The summed E-state index contributed by atoms with van der Waals surface area (Å²) >= 11 is 0. The third-order valence-corrected chi connectivity index (χ3v) is 3.85. The van der Waals surface area contributed by atoms with Crippen molar-refractivity contribution in [2.24, 2.45) is 0 Å². The Kier molecular flexibility index (Phi) is 4.55. The first kappa shape index (κ1) is 14.7. The zero-order valence-corrected chi connectivity index (χ0v) is 11.2. The molecule has 0 aromatic heterocycles. The molecule has 5 nitrogen and oxygen atoms in total. The Balaban J connectivity index is 2.75. The Morgan fingerprint density at radius 2 is 2.00 bits per heavy atom. The molecule has 7 heteroatoms. The monoisotopic (exact) mass is 274 g/mol. The molecule has 0 saturated heterocycles. The van der Waals surface area contributed by atoms with E-state index >= 15 is 0 Å². The van der Waals surface area contributed by atoms with Gasteiger partial charge in [0.1, 0.15) is 5.82 Å². The number of Topliss-reactive ketones (excluding diaryl/α,β-unsaturated/α-hetero) is 1. The predicted molar refractivity (Wildman–Crippen MR) is 66.1 cm³/mol. The van der Waals surface area contributed by atoms with Gasteiger partial charge in [-0.05, 0) is 30.7 Å². The average Bonchev–Trinajstić information content (AvgIpc) is 2.29. The molecule has 0 heterocycles. The van der Waals surface area contributed by atoms with Crippen LogP contribution in [0.4, 0.5) is 4.39 Å². The van der Waals surface area contributed by atoms with Crippen LogP contribution >= 0.6 is 0 Å². The van der Waals surface area contributed by atoms with Gasteiger partial charge in [-0.15, -0.1) is 0 Å². The molecule has 0 saturated carbocycles. The average molecular weight is 274 g/mol. The van der Waals surface area contributed by atoms with E-state index in [2.05, 4.69) is 4.72 Å². The maximum Gasteiger partial charge on any atom is 0.279 e. The third-order valence-electron chi connectivity index (χ3n) is 2.38. The molecule has 0 aliphatic rings. The summed E-state index contributed by atoms with van der Waals surface area (Å²) in [6, 6.07) is 3.90. The lowest BCUT2D eigenvalue weighted by molar-refractivity contribution is 0.0996. The molecule has 1 N–H and O–H groups in total. The zero-order valence-electron chi connectivity index (χ0n) is 10.4. The molecular formula is C11H15FN2O3S. The number of carbonyl (C=O) groups excluding carboxylic acids is 1. The summed E-state index contributed by atoms with van der Waals surface area (Å²) in [6.45, 7) is 1.18. The largest absolute Gasteiger partial charge is 0.293 e. The van der Waals surface area contributed by atoms with Crippen molar-refractivity contribution in [2.45, 2.75) is 6.92 Å². The number of aryl methyl sites for hydroxylation is 1. The van der Waals surface area contributed by atoms with Crippen molar-refractivity contribution in [3.63, 3.8) is 0 Å². The van der Waals surface area contributed by atoms with Crippen molar-refractivity contribution in [3.05, 3.63) is 35.1 Å². The highest BCUT2D eigenvalue weighted by atomic mass is 32.2. The van der Waals surface area contributed by atoms with Gasteiger partial charge in [-0.2, -0.15) is 17.4 Å². The maximum atomic E-state index is 13.0. The van der Waals surface area contributed by atoms with Gasteiger partial charge in [0.15, 0.2) is 5.78 Å². The summed E-state index contributed by atoms with van der Waals surface area (Å²) in [5.74, 6) is -0.816. The van der Waals surface area contributed by atoms with Crippen LogP contribution in [0.3, 0.4) is 0 Å². The van der Waals surface area contributed by atoms with Crippen LogP contribution in [0.1, 0.15) is 15.9 Å². The van der Waals surface area contributed by atoms with E-state index in [1.54, 1.807) is 0 Å². The van der Waals surface area contributed by atoms with Gasteiger partial charge < -0.3 is 0 Å². The molecule has 0 fully saturated rings. The summed E-state index contributed by atoms with van der Waals surface area (Å²) in [6.07, 6.45) is 0. The molecule has 0 atom stereocenters. The summed E-state index contributed by atoms with van der Waals surface area (Å²) in [5, 5.41) is 0. The SMILES string of the molecule is Cc1cc(C(=O)CNS(=O)(=O)N(C)C)ccc1F. The molecule has 0 spiro atoms. The standard InChI is InChI=1S/C11H15FN2O3S/c1-8-6-9(4-5-10(8)12)11(15)7-13-18(16,17)14(2)3/h4-6,13H,7H2,1-3H3. The number of ketones is 1. The van der Waals surface area contributed by atoms with Gasteiger partial charge in [-0.25, -0.2) is 4.39 Å². The van der Waals surface area contributed by atoms with Crippen LogP contribution in [0.2, 0.25) is 0 Å². The molecule has 0 unspecified atom stereocenters. The first-order valence-corrected chi connectivity index (χ1v) is 6.64. The quantitative estimate of drug-likeness (QED) is 0.804. The second kappa shape index (κ2) is 5.55. The second-order valence-corrected chi connectivity index (χ2v) is 5.96. The Labute approximate surface area is 106 Å². The molecule has 0 amide bonds. The van der Waals surface area contributed by atoms with Gasteiger partial charge in [0.05, 0.1) is 6.54 Å². The van der Waals surface area contributed by atoms with Crippen LogP contribution in [0, 0.1) is 12.7 Å². The molecule has 0 radical (unpaired) electrons. The van der Waals surface area contributed by atoms with Crippen LogP contribution in [0.15, 0.2) is 18.2 Å². The minimum absolute atomic E-state index is 0.273. The van der Waals surface area contributed by atoms with Crippen molar-refractivity contribution in [3.8, 4) is 0 Å². The van der Waals surface area contributed by atoms with Crippen LogP contribution < -0.4 is 4.72 Å². The molecule has 1 rings (SSSR count). The lowest BCUT2D eigenvalue weighted by Gasteiger charge is -2.11. The number of carbonyl (C=O) groups is 1. The third kappa shape index (κ3) is 3.59. The van der Waals surface area contributed by atoms with Crippen molar-refractivity contribution < 1.29 is 17.6 Å². The van der Waals surface area contributed by atoms with Gasteiger partial charge in [-0.1, -0.05) is 0 Å². The lowest BCUT2D eigenvalue weighted by Crippen LogP contribution is -2.38. The van der Waals surface area contributed by atoms with Crippen molar-refractivity contribution in [2.75, 3.05) is 20.6 Å². The maximum absolute atomic E-state index is 13.0. The predicted octanol–water partition coefficient (Wildman–Crippen LogP) is 0.713. The first-order valence-electron chi connectivity index (χ1n) is 5.20. The van der Waals surface area contributed by atoms with Gasteiger partial charge in [0, 0.05) is 19.7 Å². The fourth-order valence-electron chi connectivity index (χ4n) is 1.21. The Hall–Kier alpha value is -1.31. The molecule has 18 heavy (non-hydrogen) atoms. The molecule has 0 aliphatic heterocycles. The zero-order chi connectivity index (χ0) is 13.9. The Morgan fingerprint density at radius 1 is 1.39 bits per heavy atom. The van der Waals surface area contributed by atoms with E-state index in [-0.39, 0.29) is 12.1 Å². The van der Waals surface area contributed by atoms with E-state index in [4.69, 9.17) is 0 Å². The summed E-state index contributed by atoms with van der Waals surface area (Å²) in [4.78, 5) is 11.7. The topological polar surface area (TPSA) is 66.5 Å². The Morgan fingerprint density at radius 3 is 2.50 bits per heavy atom. The molecule has 100 valence electrons. The normalized spacial score (nSPS) is 11.8. The smallest absolute Gasteiger partial charge is 0.279 e. The van der Waals surface area contributed by atoms with E-state index in [1.807, 2.05) is 0 Å². The number of nitrogens with zero attached hydrogens (tertiary/aromatic N) is 1. The van der Waals surface area contributed by atoms with Gasteiger partial charge in [0.25, 0.3) is 10.2 Å². The Bertz CT molecular complexity index is 555. The van der Waals surface area contributed by atoms with Crippen molar-refractivity contribution >= 4 is 16.0 Å². The molecule has 1 aromatic carbocycles. The summed E-state index contributed by atoms with van der Waals surface area (Å²) < 4.78 is 38.9. The van der Waals surface area contributed by atoms with E-state index in [0.29, 0.717) is 5.56 Å². The number of hydrogen-bond acceptors (Lipinski definition) is 3. The highest BCUT2D eigenvalue weighted by Gasteiger charge is 2.15. The van der Waals surface area contributed by atoms with E-state index < -0.39 is 21.8 Å². The number of benzene rings is 1. The fourth-order valence-corrected chi connectivity index (χ4v) is 1.78. The minimum atomic E-state index is -3.63. The highest BCUT2D eigenvalue weighted by Crippen LogP contribution is 2.09. The first-order chi connectivity index (χ1) is 8.24. The highest BCUT2D eigenvalue weighted by molar-refractivity contribution is 7.87. The molecule has 1 aromatic rings. The van der Waals surface area contributed by atoms with Gasteiger partial charge in [0.2, 0.25) is 0 Å². The van der Waals surface area contributed by atoms with Gasteiger partial charge in [-0.3, -0.25) is 4.79 Å². The summed E-state index contributed by atoms with van der Waals surface area (Å²) in [5.41, 5.74) is 0.617. The lowest BCUT2D eigenvalue weighted by atomic mass is 10.1.